The number of pyridine rings is 1. The molecule has 2 aromatic heterocycles. The average molecular weight is 175 g/mol. The van der Waals surface area contributed by atoms with Crippen LogP contribution in [0.1, 0.15) is 26.3 Å². The summed E-state index contributed by atoms with van der Waals surface area (Å²) in [6, 6.07) is 2.43. The van der Waals surface area contributed by atoms with E-state index in [4.69, 9.17) is 0 Å². The maximum absolute atomic E-state index is 4.31. The highest BCUT2D eigenvalue weighted by atomic mass is 15.1. The first-order valence-electron chi connectivity index (χ1n) is 4.59. The van der Waals surface area contributed by atoms with Gasteiger partial charge < -0.3 is 4.57 Å². The number of aromatic nitrogens is 3. The molecule has 0 fully saturated rings. The van der Waals surface area contributed by atoms with Gasteiger partial charge in [0.05, 0.1) is 23.6 Å². The van der Waals surface area contributed by atoms with Gasteiger partial charge in [-0.05, 0) is 19.4 Å². The molecule has 0 N–H and O–H groups in total. The molecule has 1 atom stereocenters. The quantitative estimate of drug-likeness (QED) is 0.701. The van der Waals surface area contributed by atoms with Gasteiger partial charge in [0.2, 0.25) is 0 Å². The Kier molecular flexibility index (Phi) is 2.00. The molecule has 1 unspecified atom stereocenters. The van der Waals surface area contributed by atoms with Crippen molar-refractivity contribution in [2.45, 2.75) is 26.3 Å². The number of hydrogen-bond donors (Lipinski definition) is 0. The normalized spacial score (nSPS) is 13.4. The first-order chi connectivity index (χ1) is 6.33. The van der Waals surface area contributed by atoms with Crippen LogP contribution in [0.4, 0.5) is 0 Å². The molecule has 2 aromatic rings. The highest BCUT2D eigenvalue weighted by Crippen LogP contribution is 2.17. The molecule has 68 valence electrons. The van der Waals surface area contributed by atoms with Crippen molar-refractivity contribution in [1.82, 2.24) is 14.5 Å². The third kappa shape index (κ3) is 1.30. The lowest BCUT2D eigenvalue weighted by Crippen LogP contribution is -2.01. The van der Waals surface area contributed by atoms with Crippen LogP contribution in [-0.4, -0.2) is 14.5 Å². The Bertz CT molecular complexity index is 405. The molecule has 0 amide bonds. The van der Waals surface area contributed by atoms with E-state index in [0.717, 1.165) is 17.5 Å². The molecule has 0 spiro atoms. The van der Waals surface area contributed by atoms with Gasteiger partial charge >= 0.3 is 0 Å². The van der Waals surface area contributed by atoms with Crippen molar-refractivity contribution in [3.8, 4) is 0 Å². The molecule has 2 rings (SSSR count). The van der Waals surface area contributed by atoms with Gasteiger partial charge in [-0.3, -0.25) is 4.98 Å². The summed E-state index contributed by atoms with van der Waals surface area (Å²) < 4.78 is 2.17. The Balaban J connectivity index is 2.57. The van der Waals surface area contributed by atoms with E-state index >= 15 is 0 Å². The predicted octanol–water partition coefficient (Wildman–Crippen LogP) is 2.40. The van der Waals surface area contributed by atoms with Crippen molar-refractivity contribution >= 4 is 11.0 Å². The molecule has 13 heavy (non-hydrogen) atoms. The fraction of sp³-hybridized carbons (Fsp3) is 0.400. The second-order valence-electron chi connectivity index (χ2n) is 3.27. The molecule has 0 aliphatic rings. The second kappa shape index (κ2) is 3.17. The molecule has 3 heteroatoms. The maximum atomic E-state index is 4.31. The summed E-state index contributed by atoms with van der Waals surface area (Å²) in [6.07, 6.45) is 6.64. The van der Waals surface area contributed by atoms with Crippen LogP contribution in [0.25, 0.3) is 11.0 Å². The number of hydrogen-bond acceptors (Lipinski definition) is 2. The van der Waals surface area contributed by atoms with Crippen molar-refractivity contribution in [3.05, 3.63) is 24.8 Å². The van der Waals surface area contributed by atoms with Crippen LogP contribution < -0.4 is 0 Å². The van der Waals surface area contributed by atoms with E-state index in [1.165, 1.54) is 0 Å². The van der Waals surface area contributed by atoms with Crippen LogP contribution in [0.2, 0.25) is 0 Å². The van der Waals surface area contributed by atoms with E-state index in [2.05, 4.69) is 28.4 Å². The SMILES string of the molecule is CCC(C)n1cnc2ccncc21. The first-order valence-corrected chi connectivity index (χ1v) is 4.59. The maximum Gasteiger partial charge on any atom is 0.0961 e. The molecule has 0 saturated carbocycles. The van der Waals surface area contributed by atoms with Gasteiger partial charge in [0, 0.05) is 12.2 Å². The molecular weight excluding hydrogens is 162 g/mol. The molecule has 0 radical (unpaired) electrons. The lowest BCUT2D eigenvalue weighted by molar-refractivity contribution is 0.544. The summed E-state index contributed by atoms with van der Waals surface area (Å²) in [5.74, 6) is 0. The van der Waals surface area contributed by atoms with Gasteiger partial charge in [-0.15, -0.1) is 0 Å². The Morgan fingerprint density at radius 1 is 1.54 bits per heavy atom. The van der Waals surface area contributed by atoms with Crippen molar-refractivity contribution in [2.75, 3.05) is 0 Å². The Morgan fingerprint density at radius 2 is 2.38 bits per heavy atom. The largest absolute Gasteiger partial charge is 0.327 e. The van der Waals surface area contributed by atoms with Crippen molar-refractivity contribution in [3.63, 3.8) is 0 Å². The summed E-state index contributed by atoms with van der Waals surface area (Å²) in [5, 5.41) is 0. The Labute approximate surface area is 77.4 Å². The monoisotopic (exact) mass is 175 g/mol. The van der Waals surface area contributed by atoms with Gasteiger partial charge in [-0.2, -0.15) is 0 Å². The van der Waals surface area contributed by atoms with E-state index in [1.54, 1.807) is 6.20 Å². The summed E-state index contributed by atoms with van der Waals surface area (Å²) in [4.78, 5) is 8.41. The van der Waals surface area contributed by atoms with Crippen molar-refractivity contribution in [2.24, 2.45) is 0 Å². The zero-order valence-electron chi connectivity index (χ0n) is 7.94. The van der Waals surface area contributed by atoms with Crippen LogP contribution >= 0.6 is 0 Å². The number of rotatable bonds is 2. The molecular formula is C10H13N3. The van der Waals surface area contributed by atoms with Gasteiger partial charge in [-0.1, -0.05) is 6.92 Å². The van der Waals surface area contributed by atoms with E-state index in [-0.39, 0.29) is 0 Å². The molecule has 0 aromatic carbocycles. The average Bonchev–Trinajstić information content (AvgIpc) is 2.60. The summed E-state index contributed by atoms with van der Waals surface area (Å²) >= 11 is 0. The highest BCUT2D eigenvalue weighted by molar-refractivity contribution is 5.73. The molecule has 0 aliphatic carbocycles. The molecule has 2 heterocycles. The lowest BCUT2D eigenvalue weighted by atomic mass is 10.2. The van der Waals surface area contributed by atoms with E-state index in [0.29, 0.717) is 6.04 Å². The smallest absolute Gasteiger partial charge is 0.0961 e. The van der Waals surface area contributed by atoms with E-state index < -0.39 is 0 Å². The van der Waals surface area contributed by atoms with Crippen molar-refractivity contribution in [1.29, 1.82) is 0 Å². The van der Waals surface area contributed by atoms with E-state index in [9.17, 15) is 0 Å². The second-order valence-corrected chi connectivity index (χ2v) is 3.27. The lowest BCUT2D eigenvalue weighted by Gasteiger charge is -2.10. The van der Waals surface area contributed by atoms with Gasteiger partial charge in [-0.25, -0.2) is 4.98 Å². The fourth-order valence-corrected chi connectivity index (χ4v) is 1.42. The molecule has 3 nitrogen and oxygen atoms in total. The topological polar surface area (TPSA) is 30.7 Å². The minimum Gasteiger partial charge on any atom is -0.327 e. The number of nitrogens with zero attached hydrogens (tertiary/aromatic N) is 3. The van der Waals surface area contributed by atoms with Crippen molar-refractivity contribution < 1.29 is 0 Å². The van der Waals surface area contributed by atoms with Crippen LogP contribution in [0.5, 0.6) is 0 Å². The zero-order valence-corrected chi connectivity index (χ0v) is 7.94. The summed E-state index contributed by atoms with van der Waals surface area (Å²) in [6.45, 7) is 4.36. The van der Waals surface area contributed by atoms with Gasteiger partial charge in [0.15, 0.2) is 0 Å². The highest BCUT2D eigenvalue weighted by Gasteiger charge is 2.06. The Morgan fingerprint density at radius 3 is 3.15 bits per heavy atom. The van der Waals surface area contributed by atoms with Gasteiger partial charge in [0.25, 0.3) is 0 Å². The molecule has 0 aliphatic heterocycles. The fourth-order valence-electron chi connectivity index (χ4n) is 1.42. The van der Waals surface area contributed by atoms with E-state index in [1.807, 2.05) is 18.6 Å². The van der Waals surface area contributed by atoms with Gasteiger partial charge in [0.1, 0.15) is 0 Å². The zero-order chi connectivity index (χ0) is 9.26. The van der Waals surface area contributed by atoms with Crippen LogP contribution in [0.15, 0.2) is 24.8 Å². The first kappa shape index (κ1) is 8.23. The standard InChI is InChI=1S/C10H13N3/c1-3-8(2)13-7-12-9-4-5-11-6-10(9)13/h4-8H,3H2,1-2H3. The molecule has 0 saturated heterocycles. The number of imidazole rings is 1. The predicted molar refractivity (Wildman–Crippen MR) is 52.5 cm³/mol. The Hall–Kier alpha value is -1.38. The third-order valence-corrected chi connectivity index (χ3v) is 2.44. The van der Waals surface area contributed by atoms with Crippen LogP contribution in [0, 0.1) is 0 Å². The van der Waals surface area contributed by atoms with Crippen LogP contribution in [0.3, 0.4) is 0 Å². The van der Waals surface area contributed by atoms with Crippen LogP contribution in [-0.2, 0) is 0 Å². The summed E-state index contributed by atoms with van der Waals surface area (Å²) in [5.41, 5.74) is 2.15. The minimum absolute atomic E-state index is 0.495. The number of fused-ring (bicyclic) bond motifs is 1. The summed E-state index contributed by atoms with van der Waals surface area (Å²) in [7, 11) is 0. The minimum atomic E-state index is 0.495. The molecule has 0 bridgehead atoms. The third-order valence-electron chi connectivity index (χ3n) is 2.44.